The minimum absolute atomic E-state index is 0. The number of piperidine rings is 1. The normalized spacial score (nSPS) is 20.0. The van der Waals surface area contributed by atoms with Crippen molar-refractivity contribution in [3.63, 3.8) is 0 Å². The standard InChI is InChI=1S/C15H18F3N3OS.ClH/c16-15(17,18)23-12-11(2-1-6-20-12)13(22)21-8-4-14(5-9-21)3-7-19-10-14;/h1-2,6,19H,3-5,7-10H2;1H. The van der Waals surface area contributed by atoms with Gasteiger partial charge in [0.05, 0.1) is 5.56 Å². The Morgan fingerprint density at radius 2 is 2.00 bits per heavy atom. The maximum Gasteiger partial charge on any atom is 0.447 e. The lowest BCUT2D eigenvalue weighted by atomic mass is 9.78. The molecule has 3 rings (SSSR count). The topological polar surface area (TPSA) is 45.2 Å². The van der Waals surface area contributed by atoms with Crippen molar-refractivity contribution in [2.24, 2.45) is 5.41 Å². The molecule has 9 heteroatoms. The van der Waals surface area contributed by atoms with Crippen molar-refractivity contribution >= 4 is 30.1 Å². The zero-order valence-corrected chi connectivity index (χ0v) is 14.6. The molecule has 1 aromatic heterocycles. The average Bonchev–Trinajstić information content (AvgIpc) is 2.95. The number of rotatable bonds is 2. The number of thioether (sulfide) groups is 1. The number of nitrogens with one attached hydrogen (secondary N) is 1. The van der Waals surface area contributed by atoms with Crippen LogP contribution in [0.25, 0.3) is 0 Å². The Bertz CT molecular complexity index is 584. The van der Waals surface area contributed by atoms with Gasteiger partial charge in [-0.25, -0.2) is 4.98 Å². The monoisotopic (exact) mass is 381 g/mol. The van der Waals surface area contributed by atoms with E-state index < -0.39 is 5.51 Å². The molecule has 3 heterocycles. The van der Waals surface area contributed by atoms with Gasteiger partial charge in [-0.2, -0.15) is 13.2 Å². The molecule has 0 saturated carbocycles. The molecule has 2 aliphatic heterocycles. The highest BCUT2D eigenvalue weighted by Crippen LogP contribution is 2.39. The predicted molar refractivity (Wildman–Crippen MR) is 88.5 cm³/mol. The molecule has 0 bridgehead atoms. The number of hydrogen-bond donors (Lipinski definition) is 1. The third kappa shape index (κ3) is 4.34. The lowest BCUT2D eigenvalue weighted by Crippen LogP contribution is -2.44. The lowest BCUT2D eigenvalue weighted by molar-refractivity contribution is -0.0329. The molecule has 1 N–H and O–H groups in total. The molecule has 2 aliphatic rings. The summed E-state index contributed by atoms with van der Waals surface area (Å²) in [4.78, 5) is 18.0. The van der Waals surface area contributed by atoms with Crippen LogP contribution in [-0.4, -0.2) is 47.5 Å². The van der Waals surface area contributed by atoms with Crippen LogP contribution in [0.5, 0.6) is 0 Å². The molecule has 0 aromatic carbocycles. The SMILES string of the molecule is Cl.O=C(c1cccnc1SC(F)(F)F)N1CCC2(CCNC2)CC1. The van der Waals surface area contributed by atoms with Crippen molar-refractivity contribution in [3.05, 3.63) is 23.9 Å². The maximum absolute atomic E-state index is 12.6. The number of nitrogens with zero attached hydrogens (tertiary/aromatic N) is 2. The average molecular weight is 382 g/mol. The number of carbonyl (C=O) groups excluding carboxylic acids is 1. The summed E-state index contributed by atoms with van der Waals surface area (Å²) in [5.41, 5.74) is -4.16. The van der Waals surface area contributed by atoms with E-state index in [-0.39, 0.29) is 46.1 Å². The molecular formula is C15H19ClF3N3OS. The van der Waals surface area contributed by atoms with Crippen LogP contribution in [0.1, 0.15) is 29.6 Å². The van der Waals surface area contributed by atoms with E-state index in [4.69, 9.17) is 0 Å². The van der Waals surface area contributed by atoms with Crippen LogP contribution in [-0.2, 0) is 0 Å². The highest BCUT2D eigenvalue weighted by atomic mass is 35.5. The second-order valence-electron chi connectivity index (χ2n) is 6.12. The van der Waals surface area contributed by atoms with E-state index in [1.165, 1.54) is 18.3 Å². The quantitative estimate of drug-likeness (QED) is 0.798. The third-order valence-corrected chi connectivity index (χ3v) is 5.41. The molecule has 0 atom stereocenters. The van der Waals surface area contributed by atoms with Gasteiger partial charge in [-0.15, -0.1) is 12.4 Å². The van der Waals surface area contributed by atoms with E-state index in [9.17, 15) is 18.0 Å². The first-order chi connectivity index (χ1) is 10.9. The van der Waals surface area contributed by atoms with Crippen molar-refractivity contribution in [1.29, 1.82) is 0 Å². The summed E-state index contributed by atoms with van der Waals surface area (Å²) >= 11 is -0.330. The fraction of sp³-hybridized carbons (Fsp3) is 0.600. The van der Waals surface area contributed by atoms with Gasteiger partial charge >= 0.3 is 5.51 Å². The number of likely N-dealkylation sites (tertiary alicyclic amines) is 1. The number of amides is 1. The van der Waals surface area contributed by atoms with Gasteiger partial charge in [-0.05, 0) is 43.4 Å². The van der Waals surface area contributed by atoms with E-state index in [2.05, 4.69) is 10.3 Å². The summed E-state index contributed by atoms with van der Waals surface area (Å²) in [7, 11) is 0. The van der Waals surface area contributed by atoms with E-state index in [0.29, 0.717) is 13.1 Å². The number of carbonyl (C=O) groups is 1. The van der Waals surface area contributed by atoms with Gasteiger partial charge in [0, 0.05) is 37.6 Å². The highest BCUT2D eigenvalue weighted by molar-refractivity contribution is 8.00. The molecule has 0 unspecified atom stereocenters. The molecule has 134 valence electrons. The fourth-order valence-corrected chi connectivity index (χ4v) is 3.92. The van der Waals surface area contributed by atoms with Gasteiger partial charge < -0.3 is 10.2 Å². The summed E-state index contributed by atoms with van der Waals surface area (Å²) < 4.78 is 37.9. The molecule has 1 amide bonds. The first-order valence-electron chi connectivity index (χ1n) is 7.59. The van der Waals surface area contributed by atoms with Crippen molar-refractivity contribution < 1.29 is 18.0 Å². The summed E-state index contributed by atoms with van der Waals surface area (Å²) in [5.74, 6) is -0.356. The van der Waals surface area contributed by atoms with Crippen LogP contribution in [0.2, 0.25) is 0 Å². The van der Waals surface area contributed by atoms with E-state index in [1.54, 1.807) is 4.90 Å². The molecule has 4 nitrogen and oxygen atoms in total. The van der Waals surface area contributed by atoms with Crippen molar-refractivity contribution in [2.45, 2.75) is 29.8 Å². The van der Waals surface area contributed by atoms with Gasteiger partial charge in [0.15, 0.2) is 0 Å². The highest BCUT2D eigenvalue weighted by Gasteiger charge is 2.39. The van der Waals surface area contributed by atoms with Crippen molar-refractivity contribution in [2.75, 3.05) is 26.2 Å². The second-order valence-corrected chi connectivity index (χ2v) is 7.18. The Hall–Kier alpha value is -0.990. The van der Waals surface area contributed by atoms with Crippen molar-refractivity contribution in [3.8, 4) is 0 Å². The number of hydrogen-bond acceptors (Lipinski definition) is 4. The Labute approximate surface area is 149 Å². The van der Waals surface area contributed by atoms with Crippen molar-refractivity contribution in [1.82, 2.24) is 15.2 Å². The van der Waals surface area contributed by atoms with Gasteiger partial charge in [0.25, 0.3) is 5.91 Å². The van der Waals surface area contributed by atoms with Gasteiger partial charge in [-0.1, -0.05) is 0 Å². The second kappa shape index (κ2) is 7.49. The molecule has 1 spiro atoms. The molecule has 24 heavy (non-hydrogen) atoms. The minimum Gasteiger partial charge on any atom is -0.339 e. The zero-order valence-electron chi connectivity index (χ0n) is 12.9. The third-order valence-electron chi connectivity index (χ3n) is 4.66. The van der Waals surface area contributed by atoms with Gasteiger partial charge in [0.2, 0.25) is 0 Å². The molecule has 2 fully saturated rings. The Balaban J connectivity index is 0.00000208. The zero-order chi connectivity index (χ0) is 16.5. The first-order valence-corrected chi connectivity index (χ1v) is 8.41. The van der Waals surface area contributed by atoms with Crippen LogP contribution in [0, 0.1) is 5.41 Å². The summed E-state index contributed by atoms with van der Waals surface area (Å²) in [6.07, 6.45) is 4.18. The number of alkyl halides is 3. The summed E-state index contributed by atoms with van der Waals surface area (Å²) in [6, 6.07) is 2.92. The first kappa shape index (κ1) is 19.3. The molecule has 1 aromatic rings. The number of aromatic nitrogens is 1. The smallest absolute Gasteiger partial charge is 0.339 e. The largest absolute Gasteiger partial charge is 0.447 e. The predicted octanol–water partition coefficient (Wildman–Crippen LogP) is 3.33. The summed E-state index contributed by atoms with van der Waals surface area (Å²) in [6.45, 7) is 3.15. The molecule has 0 radical (unpaired) electrons. The minimum atomic E-state index is -4.45. The maximum atomic E-state index is 12.6. The number of halogens is 4. The van der Waals surface area contributed by atoms with E-state index in [0.717, 1.165) is 32.4 Å². The van der Waals surface area contributed by atoms with Crippen LogP contribution in [0.15, 0.2) is 23.4 Å². The lowest BCUT2D eigenvalue weighted by Gasteiger charge is -2.39. The Kier molecular flexibility index (Phi) is 6.04. The Morgan fingerprint density at radius 3 is 2.58 bits per heavy atom. The van der Waals surface area contributed by atoms with Crippen LogP contribution >= 0.6 is 24.2 Å². The van der Waals surface area contributed by atoms with E-state index in [1.807, 2.05) is 0 Å². The van der Waals surface area contributed by atoms with Crippen LogP contribution in [0.4, 0.5) is 13.2 Å². The van der Waals surface area contributed by atoms with Gasteiger partial charge in [-0.3, -0.25) is 4.79 Å². The molecule has 0 aliphatic carbocycles. The Morgan fingerprint density at radius 1 is 1.29 bits per heavy atom. The van der Waals surface area contributed by atoms with Crippen LogP contribution < -0.4 is 5.32 Å². The fourth-order valence-electron chi connectivity index (χ4n) is 3.32. The summed E-state index contributed by atoms with van der Waals surface area (Å²) in [5, 5.41) is 3.08. The van der Waals surface area contributed by atoms with Crippen LogP contribution in [0.3, 0.4) is 0 Å². The van der Waals surface area contributed by atoms with Gasteiger partial charge in [0.1, 0.15) is 5.03 Å². The van der Waals surface area contributed by atoms with E-state index >= 15 is 0 Å². The number of pyridine rings is 1. The molecule has 2 saturated heterocycles. The molecular weight excluding hydrogens is 363 g/mol.